The van der Waals surface area contributed by atoms with Gasteiger partial charge in [0, 0.05) is 24.9 Å². The number of likely N-dealkylation sites (tertiary alicyclic amines) is 1. The van der Waals surface area contributed by atoms with Gasteiger partial charge in [-0.3, -0.25) is 38.5 Å². The van der Waals surface area contributed by atoms with Crippen molar-refractivity contribution in [1.82, 2.24) is 31.2 Å². The summed E-state index contributed by atoms with van der Waals surface area (Å²) in [5, 5.41) is 20.6. The molecule has 0 spiro atoms. The second kappa shape index (κ2) is 22.2. The number of hydrogen-bond donors (Lipinski definition) is 6. The van der Waals surface area contributed by atoms with E-state index >= 15 is 0 Å². The molecule has 6 amide bonds. The highest BCUT2D eigenvalue weighted by atomic mass is 16.5. The molecule has 4 rings (SSSR count). The molecule has 1 aromatic heterocycles. The van der Waals surface area contributed by atoms with E-state index in [4.69, 9.17) is 10.5 Å². The quantitative estimate of drug-likeness (QED) is 0.0916. The fourth-order valence-corrected chi connectivity index (χ4v) is 8.36. The number of amides is 6. The Morgan fingerprint density at radius 3 is 2.08 bits per heavy atom. The summed E-state index contributed by atoms with van der Waals surface area (Å²) in [5.41, 5.74) is 4.08. The van der Waals surface area contributed by atoms with E-state index in [9.17, 15) is 48.3 Å². The van der Waals surface area contributed by atoms with Crippen LogP contribution in [0.5, 0.6) is 0 Å². The van der Waals surface area contributed by atoms with Gasteiger partial charge in [0.15, 0.2) is 5.78 Å². The topological polar surface area (TPSA) is 273 Å². The van der Waals surface area contributed by atoms with Gasteiger partial charge in [0.2, 0.25) is 29.5 Å². The van der Waals surface area contributed by atoms with Gasteiger partial charge in [0.1, 0.15) is 30.2 Å². The Hall–Kier alpha value is -5.68. The minimum absolute atomic E-state index is 0.0730. The summed E-state index contributed by atoms with van der Waals surface area (Å²) in [7, 11) is 0. The van der Waals surface area contributed by atoms with Gasteiger partial charge in [-0.05, 0) is 68.8 Å². The van der Waals surface area contributed by atoms with E-state index in [2.05, 4.69) is 26.3 Å². The molecule has 1 saturated heterocycles. The molecule has 3 aliphatic rings. The van der Waals surface area contributed by atoms with Crippen molar-refractivity contribution in [2.24, 2.45) is 23.0 Å². The first-order valence-corrected chi connectivity index (χ1v) is 21.3. The van der Waals surface area contributed by atoms with Gasteiger partial charge < -0.3 is 41.7 Å². The summed E-state index contributed by atoms with van der Waals surface area (Å²) in [5.74, 6) is -7.30. The number of pyridine rings is 1. The van der Waals surface area contributed by atoms with Crippen LogP contribution in [0.3, 0.4) is 0 Å². The van der Waals surface area contributed by atoms with Crippen LogP contribution in [-0.4, -0.2) is 112 Å². The Morgan fingerprint density at radius 2 is 1.51 bits per heavy atom. The smallest absolute Gasteiger partial charge is 0.336 e. The summed E-state index contributed by atoms with van der Waals surface area (Å²) < 4.78 is 4.89. The average Bonchev–Trinajstić information content (AvgIpc) is 3.63. The maximum absolute atomic E-state index is 14.5. The zero-order chi connectivity index (χ0) is 44.9. The maximum atomic E-state index is 14.5. The van der Waals surface area contributed by atoms with Crippen molar-refractivity contribution in [1.29, 1.82) is 0 Å². The van der Waals surface area contributed by atoms with Gasteiger partial charge in [0.05, 0.1) is 24.3 Å². The molecule has 18 heteroatoms. The first-order chi connectivity index (χ1) is 28.9. The van der Waals surface area contributed by atoms with Gasteiger partial charge >= 0.3 is 11.9 Å². The summed E-state index contributed by atoms with van der Waals surface area (Å²) in [4.78, 5) is 125. The first-order valence-electron chi connectivity index (χ1n) is 21.3. The lowest BCUT2D eigenvalue weighted by Gasteiger charge is -2.37. The lowest BCUT2D eigenvalue weighted by atomic mass is 9.81. The molecular weight excluding hydrogens is 791 g/mol. The van der Waals surface area contributed by atoms with Crippen LogP contribution in [0.1, 0.15) is 132 Å². The van der Waals surface area contributed by atoms with Crippen LogP contribution in [-0.2, 0) is 38.3 Å². The fourth-order valence-electron chi connectivity index (χ4n) is 8.36. The Kier molecular flexibility index (Phi) is 17.5. The van der Waals surface area contributed by atoms with Gasteiger partial charge in [-0.25, -0.2) is 9.59 Å². The SMILES string of the molecule is CCOC(=O)/C=C/CC[C@H](NC(=O)c1cnccc1C(=O)O)C(=O)N[C@H](C(=O)N1CC(=O)C[C@H]1C(=O)N[C@H](C(=O)N[C@H](C(N)=O)C1CCCCC1)C1CCCCC1)C(C)(C)C. The summed E-state index contributed by atoms with van der Waals surface area (Å²) in [6.45, 7) is 6.33. The molecular formula is C43H61N7O11. The van der Waals surface area contributed by atoms with Crippen molar-refractivity contribution in [3.05, 3.63) is 41.7 Å². The zero-order valence-corrected chi connectivity index (χ0v) is 35.5. The molecule has 61 heavy (non-hydrogen) atoms. The van der Waals surface area contributed by atoms with Crippen LogP contribution in [0.25, 0.3) is 0 Å². The van der Waals surface area contributed by atoms with Gasteiger partial charge in [-0.1, -0.05) is 65.4 Å². The monoisotopic (exact) mass is 851 g/mol. The molecule has 7 N–H and O–H groups in total. The van der Waals surface area contributed by atoms with Gasteiger partial charge in [0.25, 0.3) is 5.91 Å². The molecule has 5 atom stereocenters. The van der Waals surface area contributed by atoms with Crippen molar-refractivity contribution in [2.45, 2.75) is 141 Å². The number of ketones is 1. The van der Waals surface area contributed by atoms with Crippen molar-refractivity contribution in [3.8, 4) is 0 Å². The van der Waals surface area contributed by atoms with Crippen LogP contribution in [0.2, 0.25) is 0 Å². The molecule has 334 valence electrons. The number of nitrogens with one attached hydrogen (secondary N) is 4. The van der Waals surface area contributed by atoms with Crippen molar-refractivity contribution in [3.63, 3.8) is 0 Å². The second-order valence-electron chi connectivity index (χ2n) is 17.2. The van der Waals surface area contributed by atoms with Crippen molar-refractivity contribution < 1.29 is 53.0 Å². The number of carboxylic acid groups (broad SMARTS) is 1. The van der Waals surface area contributed by atoms with Crippen LogP contribution < -0.4 is 27.0 Å². The lowest BCUT2D eigenvalue weighted by molar-refractivity contribution is -0.145. The van der Waals surface area contributed by atoms with E-state index in [1.807, 2.05) is 0 Å². The number of nitrogens with zero attached hydrogens (tertiary/aromatic N) is 2. The van der Waals surface area contributed by atoms with Gasteiger partial charge in [-0.15, -0.1) is 0 Å². The van der Waals surface area contributed by atoms with Crippen LogP contribution in [0.15, 0.2) is 30.6 Å². The average molecular weight is 852 g/mol. The zero-order valence-electron chi connectivity index (χ0n) is 35.5. The predicted octanol–water partition coefficient (Wildman–Crippen LogP) is 2.09. The highest BCUT2D eigenvalue weighted by Crippen LogP contribution is 2.30. The van der Waals surface area contributed by atoms with E-state index in [0.717, 1.165) is 74.6 Å². The van der Waals surface area contributed by atoms with Gasteiger partial charge in [-0.2, -0.15) is 0 Å². The number of nitrogens with two attached hydrogens (primary N) is 1. The lowest BCUT2D eigenvalue weighted by Crippen LogP contribution is -2.62. The first kappa shape index (κ1) is 48.0. The van der Waals surface area contributed by atoms with Crippen LogP contribution in [0, 0.1) is 17.3 Å². The maximum Gasteiger partial charge on any atom is 0.336 e. The predicted molar refractivity (Wildman–Crippen MR) is 220 cm³/mol. The molecule has 1 aliphatic heterocycles. The molecule has 0 radical (unpaired) electrons. The van der Waals surface area contributed by atoms with Crippen molar-refractivity contribution in [2.75, 3.05) is 13.2 Å². The minimum atomic E-state index is -1.40. The molecule has 0 unspecified atom stereocenters. The number of rotatable bonds is 18. The van der Waals surface area contributed by atoms with E-state index < -0.39 is 95.3 Å². The van der Waals surface area contributed by atoms with Crippen LogP contribution >= 0.6 is 0 Å². The number of carboxylic acids is 1. The number of aromatic nitrogens is 1. The largest absolute Gasteiger partial charge is 0.478 e. The molecule has 0 aromatic carbocycles. The number of hydrogen-bond acceptors (Lipinski definition) is 11. The van der Waals surface area contributed by atoms with Crippen LogP contribution in [0.4, 0.5) is 0 Å². The number of Topliss-reactive ketones (excluding diaryl/α,β-unsaturated/α-hetero) is 1. The Bertz CT molecular complexity index is 1830. The number of ether oxygens (including phenoxy) is 1. The molecule has 2 heterocycles. The third kappa shape index (κ3) is 13.4. The number of aromatic carboxylic acids is 1. The molecule has 1 aromatic rings. The summed E-state index contributed by atoms with van der Waals surface area (Å²) >= 11 is 0. The molecule has 0 bridgehead atoms. The third-order valence-electron chi connectivity index (χ3n) is 11.6. The number of allylic oxidation sites excluding steroid dienone is 1. The Labute approximate surface area is 355 Å². The van der Waals surface area contributed by atoms with E-state index in [1.54, 1.807) is 27.7 Å². The van der Waals surface area contributed by atoms with E-state index in [0.29, 0.717) is 12.8 Å². The number of carbonyl (C=O) groups excluding carboxylic acids is 8. The molecule has 3 fully saturated rings. The Balaban J connectivity index is 1.57. The van der Waals surface area contributed by atoms with E-state index in [1.165, 1.54) is 12.3 Å². The number of esters is 1. The minimum Gasteiger partial charge on any atom is -0.478 e. The third-order valence-corrected chi connectivity index (χ3v) is 11.6. The molecule has 2 saturated carbocycles. The van der Waals surface area contributed by atoms with Crippen molar-refractivity contribution >= 4 is 53.2 Å². The fraction of sp³-hybridized carbons (Fsp3) is 0.628. The summed E-state index contributed by atoms with van der Waals surface area (Å²) in [6.07, 6.45) is 12.7. The normalized spacial score (nSPS) is 19.6. The standard InChI is InChI=1S/C43H61N7O11/c1-5-61-32(52)19-13-12-18-30(46-37(54)29-23-45-21-20-28(29)42(59)60)38(55)49-35(43(2,3)4)41(58)50-24-27(51)22-31(50)39(56)48-34(26-16-10-7-11-17-26)40(57)47-33(36(44)53)25-14-8-6-9-15-25/h13,19-21,23,25-26,30-31,33-35H,5-12,14-18,22,24H2,1-4H3,(H2,44,53)(H,46,54)(H,47,57)(H,48,56)(H,49,55)(H,59,60)/b19-13+/t30-,31-,33-,34-,35+/m0/s1. The molecule has 2 aliphatic carbocycles. The molecule has 18 nitrogen and oxygen atoms in total. The van der Waals surface area contributed by atoms with E-state index in [-0.39, 0.29) is 48.8 Å². The highest BCUT2D eigenvalue weighted by molar-refractivity contribution is 6.06. The Morgan fingerprint density at radius 1 is 0.885 bits per heavy atom. The summed E-state index contributed by atoms with van der Waals surface area (Å²) in [6, 6.07) is -4.89. The second-order valence-corrected chi connectivity index (χ2v) is 17.2. The number of primary amides is 1. The highest BCUT2D eigenvalue weighted by Gasteiger charge is 2.46. The number of carbonyl (C=O) groups is 9.